The molecule has 1 aliphatic rings. The van der Waals surface area contributed by atoms with Crippen molar-refractivity contribution in [1.29, 1.82) is 0 Å². The summed E-state index contributed by atoms with van der Waals surface area (Å²) in [4.78, 5) is 20.6. The molecule has 0 N–H and O–H groups in total. The lowest BCUT2D eigenvalue weighted by Gasteiger charge is -2.35. The van der Waals surface area contributed by atoms with Crippen LogP contribution in [0.5, 0.6) is 0 Å². The number of hydrogen-bond donors (Lipinski definition) is 0. The number of hydrogen-bond acceptors (Lipinski definition) is 6. The van der Waals surface area contributed by atoms with Gasteiger partial charge in [-0.05, 0) is 31.2 Å². The number of piperazine rings is 1. The minimum Gasteiger partial charge on any atom is -0.352 e. The molecule has 1 aliphatic heterocycles. The fourth-order valence-corrected chi connectivity index (χ4v) is 3.03. The predicted molar refractivity (Wildman–Crippen MR) is 96.2 cm³/mol. The Morgan fingerprint density at radius 2 is 1.77 bits per heavy atom. The first-order valence-electron chi connectivity index (χ1n) is 8.50. The van der Waals surface area contributed by atoms with Gasteiger partial charge in [-0.2, -0.15) is 5.10 Å². The first kappa shape index (κ1) is 16.2. The van der Waals surface area contributed by atoms with Crippen molar-refractivity contribution in [3.05, 3.63) is 60.2 Å². The lowest BCUT2D eigenvalue weighted by molar-refractivity contribution is 0.0746. The van der Waals surface area contributed by atoms with E-state index in [4.69, 9.17) is 0 Å². The summed E-state index contributed by atoms with van der Waals surface area (Å²) in [6.45, 7) is 4.79. The van der Waals surface area contributed by atoms with E-state index >= 15 is 0 Å². The van der Waals surface area contributed by atoms with Gasteiger partial charge in [0.25, 0.3) is 5.91 Å². The molecule has 132 valence electrons. The van der Waals surface area contributed by atoms with E-state index in [9.17, 15) is 4.79 Å². The largest absolute Gasteiger partial charge is 0.352 e. The molecule has 26 heavy (non-hydrogen) atoms. The Hall–Kier alpha value is -3.29. The highest BCUT2D eigenvalue weighted by Crippen LogP contribution is 2.16. The van der Waals surface area contributed by atoms with Crippen LogP contribution in [-0.2, 0) is 0 Å². The number of carbonyl (C=O) groups is 1. The van der Waals surface area contributed by atoms with E-state index in [1.807, 2.05) is 48.2 Å². The van der Waals surface area contributed by atoms with Crippen molar-refractivity contribution >= 4 is 11.7 Å². The van der Waals surface area contributed by atoms with Crippen LogP contribution in [-0.4, -0.2) is 61.9 Å². The Balaban J connectivity index is 1.39. The molecule has 3 aromatic rings. The zero-order chi connectivity index (χ0) is 17.9. The number of amides is 1. The molecule has 0 aliphatic carbocycles. The molecule has 1 saturated heterocycles. The number of aromatic nitrogens is 5. The third-order valence-electron chi connectivity index (χ3n) is 4.45. The maximum Gasteiger partial charge on any atom is 0.253 e. The molecular weight excluding hydrogens is 330 g/mol. The van der Waals surface area contributed by atoms with Gasteiger partial charge in [-0.25, -0.2) is 9.67 Å². The van der Waals surface area contributed by atoms with Crippen LogP contribution in [0.3, 0.4) is 0 Å². The van der Waals surface area contributed by atoms with E-state index in [-0.39, 0.29) is 5.91 Å². The second-order valence-electron chi connectivity index (χ2n) is 6.24. The highest BCUT2D eigenvalue weighted by atomic mass is 16.2. The van der Waals surface area contributed by atoms with Crippen LogP contribution in [0.1, 0.15) is 15.9 Å². The maximum atomic E-state index is 12.6. The van der Waals surface area contributed by atoms with Gasteiger partial charge in [0.15, 0.2) is 11.6 Å². The minimum absolute atomic E-state index is 0.0842. The third-order valence-corrected chi connectivity index (χ3v) is 4.45. The van der Waals surface area contributed by atoms with Crippen LogP contribution < -0.4 is 4.90 Å². The number of benzene rings is 1. The van der Waals surface area contributed by atoms with Gasteiger partial charge >= 0.3 is 0 Å². The summed E-state index contributed by atoms with van der Waals surface area (Å²) < 4.78 is 1.56. The van der Waals surface area contributed by atoms with Gasteiger partial charge in [0.1, 0.15) is 12.7 Å². The van der Waals surface area contributed by atoms with Gasteiger partial charge < -0.3 is 9.80 Å². The zero-order valence-electron chi connectivity index (χ0n) is 14.5. The summed E-state index contributed by atoms with van der Waals surface area (Å²) in [7, 11) is 0. The number of aryl methyl sites for hydroxylation is 1. The monoisotopic (exact) mass is 349 g/mol. The van der Waals surface area contributed by atoms with E-state index in [0.717, 1.165) is 30.0 Å². The molecule has 0 saturated carbocycles. The molecule has 1 fully saturated rings. The molecule has 4 rings (SSSR count). The van der Waals surface area contributed by atoms with Crippen molar-refractivity contribution < 1.29 is 4.79 Å². The van der Waals surface area contributed by atoms with Crippen molar-refractivity contribution in [3.8, 4) is 5.82 Å². The normalized spacial score (nSPS) is 14.5. The Kier molecular flexibility index (Phi) is 4.30. The second-order valence-corrected chi connectivity index (χ2v) is 6.24. The number of nitrogens with zero attached hydrogens (tertiary/aromatic N) is 7. The molecule has 8 heteroatoms. The highest BCUT2D eigenvalue weighted by molar-refractivity contribution is 5.94. The molecule has 0 atom stereocenters. The van der Waals surface area contributed by atoms with Crippen LogP contribution in [0, 0.1) is 6.92 Å². The fraction of sp³-hybridized carbons (Fsp3) is 0.278. The minimum atomic E-state index is 0.0842. The molecule has 3 heterocycles. The Bertz CT molecular complexity index is 884. The van der Waals surface area contributed by atoms with E-state index in [2.05, 4.69) is 25.2 Å². The summed E-state index contributed by atoms with van der Waals surface area (Å²) in [6, 6.07) is 11.5. The van der Waals surface area contributed by atoms with Gasteiger partial charge in [0.2, 0.25) is 0 Å². The highest BCUT2D eigenvalue weighted by Gasteiger charge is 2.23. The molecule has 0 unspecified atom stereocenters. The van der Waals surface area contributed by atoms with Crippen LogP contribution >= 0.6 is 0 Å². The molecule has 0 spiro atoms. The fourth-order valence-electron chi connectivity index (χ4n) is 3.03. The molecular formula is C18H19N7O. The first-order valence-corrected chi connectivity index (χ1v) is 8.50. The quantitative estimate of drug-likeness (QED) is 0.710. The van der Waals surface area contributed by atoms with E-state index < -0.39 is 0 Å². The van der Waals surface area contributed by atoms with E-state index in [1.165, 1.54) is 6.33 Å². The smallest absolute Gasteiger partial charge is 0.253 e. The van der Waals surface area contributed by atoms with Gasteiger partial charge in [-0.1, -0.05) is 17.7 Å². The average molecular weight is 349 g/mol. The predicted octanol–water partition coefficient (Wildman–Crippen LogP) is 1.33. The van der Waals surface area contributed by atoms with Gasteiger partial charge in [0.05, 0.1) is 0 Å². The Labute approximate surface area is 151 Å². The summed E-state index contributed by atoms with van der Waals surface area (Å²) in [6.07, 6.45) is 3.04. The van der Waals surface area contributed by atoms with Crippen LogP contribution in [0.25, 0.3) is 5.82 Å². The Morgan fingerprint density at radius 3 is 2.42 bits per heavy atom. The van der Waals surface area contributed by atoms with Crippen LogP contribution in [0.15, 0.2) is 49.1 Å². The SMILES string of the molecule is Cc1cccc(C(=O)N2CCN(c3ccc(-n4cncn4)nn3)CC2)c1. The first-order chi connectivity index (χ1) is 12.7. The number of rotatable bonds is 3. The topological polar surface area (TPSA) is 80.0 Å². The van der Waals surface area contributed by atoms with Crippen LogP contribution in [0.2, 0.25) is 0 Å². The van der Waals surface area contributed by atoms with Crippen molar-refractivity contribution in [2.24, 2.45) is 0 Å². The molecule has 0 radical (unpaired) electrons. The summed E-state index contributed by atoms with van der Waals surface area (Å²) >= 11 is 0. The van der Waals surface area contributed by atoms with Crippen molar-refractivity contribution in [1.82, 2.24) is 29.9 Å². The summed E-state index contributed by atoms with van der Waals surface area (Å²) in [5, 5.41) is 12.5. The van der Waals surface area contributed by atoms with Gasteiger partial charge in [0, 0.05) is 31.7 Å². The summed E-state index contributed by atoms with van der Waals surface area (Å²) in [5.74, 6) is 1.51. The van der Waals surface area contributed by atoms with E-state index in [1.54, 1.807) is 11.0 Å². The van der Waals surface area contributed by atoms with Crippen molar-refractivity contribution in [2.75, 3.05) is 31.1 Å². The number of carbonyl (C=O) groups excluding carboxylic acids is 1. The van der Waals surface area contributed by atoms with Crippen molar-refractivity contribution in [3.63, 3.8) is 0 Å². The van der Waals surface area contributed by atoms with Gasteiger partial charge in [-0.3, -0.25) is 4.79 Å². The van der Waals surface area contributed by atoms with E-state index in [0.29, 0.717) is 18.9 Å². The lowest BCUT2D eigenvalue weighted by atomic mass is 10.1. The maximum absolute atomic E-state index is 12.6. The molecule has 1 aromatic carbocycles. The Morgan fingerprint density at radius 1 is 1.00 bits per heavy atom. The molecule has 2 aromatic heterocycles. The molecule has 0 bridgehead atoms. The molecule has 1 amide bonds. The standard InChI is InChI=1S/C18H19N7O/c1-14-3-2-4-15(11-14)18(26)24-9-7-23(8-10-24)16-5-6-17(22-21-16)25-13-19-12-20-25/h2-6,11-13H,7-10H2,1H3. The third kappa shape index (κ3) is 3.26. The molecule has 8 nitrogen and oxygen atoms in total. The summed E-state index contributed by atoms with van der Waals surface area (Å²) in [5.41, 5.74) is 1.84. The lowest BCUT2D eigenvalue weighted by Crippen LogP contribution is -2.49. The second kappa shape index (κ2) is 6.91. The van der Waals surface area contributed by atoms with Gasteiger partial charge in [-0.15, -0.1) is 10.2 Å². The zero-order valence-corrected chi connectivity index (χ0v) is 14.5. The number of anilines is 1. The van der Waals surface area contributed by atoms with Crippen LogP contribution in [0.4, 0.5) is 5.82 Å². The average Bonchev–Trinajstić information content (AvgIpc) is 3.23. The van der Waals surface area contributed by atoms with Crippen molar-refractivity contribution in [2.45, 2.75) is 6.92 Å².